The highest BCUT2D eigenvalue weighted by atomic mass is 16.5. The molecule has 214 valence electrons. The molecule has 2 fully saturated rings. The third-order valence-corrected chi connectivity index (χ3v) is 8.91. The minimum atomic E-state index is -0.515. The fourth-order valence-corrected chi connectivity index (χ4v) is 6.19. The summed E-state index contributed by atoms with van der Waals surface area (Å²) in [5.41, 5.74) is -0.515. The van der Waals surface area contributed by atoms with Crippen LogP contribution in [0.25, 0.3) is 0 Å². The summed E-state index contributed by atoms with van der Waals surface area (Å²) in [5.74, 6) is 0.179. The number of hydrogen-bond donors (Lipinski definition) is 1. The van der Waals surface area contributed by atoms with Crippen LogP contribution in [0.1, 0.15) is 72.6 Å². The summed E-state index contributed by atoms with van der Waals surface area (Å²) in [6.07, 6.45) is 5.08. The van der Waals surface area contributed by atoms with Crippen LogP contribution in [0, 0.1) is 11.8 Å². The van der Waals surface area contributed by atoms with E-state index in [1.54, 1.807) is 26.2 Å². The Morgan fingerprint density at radius 3 is 2.16 bits per heavy atom. The van der Waals surface area contributed by atoms with Crippen molar-refractivity contribution in [2.24, 2.45) is 11.8 Å². The molecule has 3 amide bonds. The molecule has 2 aliphatic rings. The molecule has 5 atom stereocenters. The molecule has 1 saturated heterocycles. The molecule has 1 aliphatic carbocycles. The summed E-state index contributed by atoms with van der Waals surface area (Å²) in [7, 11) is 8.90. The molecule has 0 radical (unpaired) electrons. The first-order valence-corrected chi connectivity index (χ1v) is 14.0. The number of amides is 3. The van der Waals surface area contributed by atoms with Crippen molar-refractivity contribution in [3.05, 3.63) is 0 Å². The second-order valence-corrected chi connectivity index (χ2v) is 11.6. The number of hydrogen-bond acceptors (Lipinski definition) is 6. The van der Waals surface area contributed by atoms with Gasteiger partial charge in [0, 0.05) is 27.8 Å². The van der Waals surface area contributed by atoms with Crippen LogP contribution in [0.5, 0.6) is 0 Å². The van der Waals surface area contributed by atoms with Gasteiger partial charge in [0.2, 0.25) is 17.7 Å². The molecule has 9 heteroatoms. The first-order chi connectivity index (χ1) is 17.4. The number of rotatable bonds is 14. The lowest BCUT2D eigenvalue weighted by atomic mass is 9.75. The summed E-state index contributed by atoms with van der Waals surface area (Å²) in [5, 5.41) is 2.88. The van der Waals surface area contributed by atoms with E-state index in [9.17, 15) is 14.4 Å². The molecule has 9 nitrogen and oxygen atoms in total. The van der Waals surface area contributed by atoms with Gasteiger partial charge < -0.3 is 24.6 Å². The summed E-state index contributed by atoms with van der Waals surface area (Å²) in [4.78, 5) is 45.3. The number of methoxy groups -OCH3 is 2. The Hall–Kier alpha value is -1.71. The number of likely N-dealkylation sites (N-methyl/N-ethyl adjacent to an activating group) is 2. The first kappa shape index (κ1) is 31.5. The second kappa shape index (κ2) is 13.9. The van der Waals surface area contributed by atoms with Gasteiger partial charge in [0.05, 0.1) is 42.8 Å². The van der Waals surface area contributed by atoms with Crippen molar-refractivity contribution in [1.29, 1.82) is 0 Å². The van der Waals surface area contributed by atoms with Crippen molar-refractivity contribution < 1.29 is 23.9 Å². The predicted molar refractivity (Wildman–Crippen MR) is 145 cm³/mol. The van der Waals surface area contributed by atoms with Crippen molar-refractivity contribution in [3.8, 4) is 0 Å². The van der Waals surface area contributed by atoms with Crippen molar-refractivity contribution in [3.63, 3.8) is 0 Å². The van der Waals surface area contributed by atoms with Crippen LogP contribution < -0.4 is 5.32 Å². The van der Waals surface area contributed by atoms with Gasteiger partial charge in [-0.25, -0.2) is 0 Å². The maximum Gasteiger partial charge on any atom is 0.242 e. The molecular weight excluding hydrogens is 472 g/mol. The zero-order valence-corrected chi connectivity index (χ0v) is 24.7. The average Bonchev–Trinajstić information content (AvgIpc) is 3.30. The minimum absolute atomic E-state index is 0.00760. The van der Waals surface area contributed by atoms with E-state index < -0.39 is 11.6 Å². The minimum Gasteiger partial charge on any atom is -0.379 e. The van der Waals surface area contributed by atoms with Crippen molar-refractivity contribution in [2.75, 3.05) is 48.5 Å². The van der Waals surface area contributed by atoms with Gasteiger partial charge in [-0.1, -0.05) is 34.1 Å². The molecule has 1 saturated carbocycles. The van der Waals surface area contributed by atoms with Crippen molar-refractivity contribution >= 4 is 17.7 Å². The van der Waals surface area contributed by atoms with Gasteiger partial charge in [0.15, 0.2) is 0 Å². The van der Waals surface area contributed by atoms with E-state index in [1.807, 2.05) is 23.9 Å². The molecular formula is C28H52N4O5. The van der Waals surface area contributed by atoms with E-state index in [0.717, 1.165) is 45.1 Å². The molecule has 37 heavy (non-hydrogen) atoms. The highest BCUT2D eigenvalue weighted by Gasteiger charge is 2.46. The molecule has 1 heterocycles. The maximum atomic E-state index is 13.5. The lowest BCUT2D eigenvalue weighted by Crippen LogP contribution is -2.61. The fraction of sp³-hybridized carbons (Fsp3) is 0.893. The van der Waals surface area contributed by atoms with Crippen molar-refractivity contribution in [2.45, 2.75) is 102 Å². The van der Waals surface area contributed by atoms with E-state index in [0.29, 0.717) is 5.92 Å². The fourth-order valence-electron chi connectivity index (χ4n) is 6.19. The second-order valence-electron chi connectivity index (χ2n) is 11.6. The third kappa shape index (κ3) is 7.03. The van der Waals surface area contributed by atoms with Gasteiger partial charge in [-0.15, -0.1) is 0 Å². The van der Waals surface area contributed by atoms with Crippen LogP contribution in [0.15, 0.2) is 0 Å². The smallest absolute Gasteiger partial charge is 0.242 e. The molecule has 0 aromatic rings. The molecule has 5 unspecified atom stereocenters. The SMILES string of the molecule is CCC(C)C(C(CC(=O)N1CCCC1C(OC)C(C)C)OC)N(C)C(=O)CNC(=O)C1(N(C)C)CCC1. The summed E-state index contributed by atoms with van der Waals surface area (Å²) in [6.45, 7) is 9.05. The van der Waals surface area contributed by atoms with E-state index in [1.165, 1.54) is 0 Å². The topological polar surface area (TPSA) is 91.4 Å². The normalized spacial score (nSPS) is 22.4. The molecule has 0 aromatic carbocycles. The van der Waals surface area contributed by atoms with E-state index in [4.69, 9.17) is 9.47 Å². The van der Waals surface area contributed by atoms with E-state index in [2.05, 4.69) is 33.0 Å². The molecule has 2 rings (SSSR count). The number of carbonyl (C=O) groups is 3. The van der Waals surface area contributed by atoms with Gasteiger partial charge in [0.1, 0.15) is 0 Å². The Kier molecular flexibility index (Phi) is 11.8. The van der Waals surface area contributed by atoms with Crippen LogP contribution in [-0.4, -0.2) is 111 Å². The van der Waals surface area contributed by atoms with Crippen LogP contribution in [0.2, 0.25) is 0 Å². The zero-order valence-electron chi connectivity index (χ0n) is 24.7. The van der Waals surface area contributed by atoms with Crippen LogP contribution in [0.3, 0.4) is 0 Å². The Morgan fingerprint density at radius 2 is 1.70 bits per heavy atom. The summed E-state index contributed by atoms with van der Waals surface area (Å²) < 4.78 is 11.6. The predicted octanol–water partition coefficient (Wildman–Crippen LogP) is 2.53. The number of nitrogens with zero attached hydrogens (tertiary/aromatic N) is 3. The Morgan fingerprint density at radius 1 is 1.05 bits per heavy atom. The van der Waals surface area contributed by atoms with E-state index in [-0.39, 0.29) is 54.8 Å². The highest BCUT2D eigenvalue weighted by molar-refractivity contribution is 5.91. The largest absolute Gasteiger partial charge is 0.379 e. The Labute approximate surface area is 224 Å². The average molecular weight is 525 g/mol. The molecule has 1 N–H and O–H groups in total. The molecule has 0 bridgehead atoms. The van der Waals surface area contributed by atoms with Gasteiger partial charge in [-0.2, -0.15) is 0 Å². The third-order valence-electron chi connectivity index (χ3n) is 8.91. The zero-order chi connectivity index (χ0) is 27.9. The van der Waals surface area contributed by atoms with Crippen LogP contribution in [-0.2, 0) is 23.9 Å². The maximum absolute atomic E-state index is 13.5. The number of ether oxygens (including phenoxy) is 2. The Bertz CT molecular complexity index is 770. The first-order valence-electron chi connectivity index (χ1n) is 14.0. The summed E-state index contributed by atoms with van der Waals surface area (Å²) in [6, 6.07) is -0.235. The van der Waals surface area contributed by atoms with Crippen molar-refractivity contribution in [1.82, 2.24) is 20.0 Å². The van der Waals surface area contributed by atoms with Gasteiger partial charge in [0.25, 0.3) is 0 Å². The standard InChI is InChI=1S/C28H52N4O5/c1-10-20(4)25(31(7)24(34)18-29-27(35)28(30(5)6)14-12-15-28)22(36-8)17-23(33)32-16-11-13-21(32)26(37-9)19(2)3/h19-22,25-26H,10-18H2,1-9H3,(H,29,35). The number of nitrogens with one attached hydrogen (secondary N) is 1. The van der Waals surface area contributed by atoms with Gasteiger partial charge >= 0.3 is 0 Å². The number of likely N-dealkylation sites (tertiary alicyclic amines) is 1. The highest BCUT2D eigenvalue weighted by Crippen LogP contribution is 2.36. The van der Waals surface area contributed by atoms with Gasteiger partial charge in [-0.05, 0) is 58.0 Å². The Balaban J connectivity index is 2.11. The number of carbonyl (C=O) groups excluding carboxylic acids is 3. The van der Waals surface area contributed by atoms with Gasteiger partial charge in [-0.3, -0.25) is 19.3 Å². The molecule has 0 spiro atoms. The summed E-state index contributed by atoms with van der Waals surface area (Å²) >= 11 is 0. The van der Waals surface area contributed by atoms with Crippen LogP contribution in [0.4, 0.5) is 0 Å². The quantitative estimate of drug-likeness (QED) is 0.376. The van der Waals surface area contributed by atoms with Crippen LogP contribution >= 0.6 is 0 Å². The monoisotopic (exact) mass is 524 g/mol. The van der Waals surface area contributed by atoms with E-state index >= 15 is 0 Å². The molecule has 1 aliphatic heterocycles. The molecule has 0 aromatic heterocycles. The lowest BCUT2D eigenvalue weighted by Gasteiger charge is -2.45. The lowest BCUT2D eigenvalue weighted by molar-refractivity contribution is -0.145.